The number of likely N-dealkylation sites (N-methyl/N-ethyl adjacent to an activating group) is 1. The van der Waals surface area contributed by atoms with E-state index in [1.165, 1.54) is 0 Å². The van der Waals surface area contributed by atoms with Crippen LogP contribution in [0.3, 0.4) is 0 Å². The monoisotopic (exact) mass is 514 g/mol. The molecule has 2 amide bonds. The number of halogens is 2. The van der Waals surface area contributed by atoms with Crippen LogP contribution >= 0.6 is 35.0 Å². The fourth-order valence-electron chi connectivity index (χ4n) is 3.64. The predicted molar refractivity (Wildman–Crippen MR) is 141 cm³/mol. The Balaban J connectivity index is 1.74. The first-order valence-electron chi connectivity index (χ1n) is 11.1. The number of nitrogens with zero attached hydrogens (tertiary/aromatic N) is 1. The molecule has 178 valence electrons. The van der Waals surface area contributed by atoms with Crippen LogP contribution in [0.5, 0.6) is 0 Å². The summed E-state index contributed by atoms with van der Waals surface area (Å²) in [6.45, 7) is 0.314. The molecule has 0 fully saturated rings. The number of thioether (sulfide) groups is 1. The number of hydrogen-bond acceptors (Lipinski definition) is 3. The summed E-state index contributed by atoms with van der Waals surface area (Å²) in [6, 6.07) is 24.2. The minimum absolute atomic E-state index is 0.0544. The highest BCUT2D eigenvalue weighted by Gasteiger charge is 2.29. The van der Waals surface area contributed by atoms with E-state index in [-0.39, 0.29) is 11.8 Å². The Morgan fingerprint density at radius 2 is 1.62 bits per heavy atom. The second-order valence-corrected chi connectivity index (χ2v) is 9.92. The lowest BCUT2D eigenvalue weighted by molar-refractivity contribution is -0.141. The van der Waals surface area contributed by atoms with Gasteiger partial charge in [-0.25, -0.2) is 0 Å². The molecule has 1 N–H and O–H groups in total. The van der Waals surface area contributed by atoms with Gasteiger partial charge in [0, 0.05) is 41.4 Å². The van der Waals surface area contributed by atoms with Crippen LogP contribution < -0.4 is 5.32 Å². The number of rotatable bonds is 11. The number of nitrogens with one attached hydrogen (secondary N) is 1. The molecule has 4 nitrogen and oxygen atoms in total. The highest BCUT2D eigenvalue weighted by molar-refractivity contribution is 7.99. The van der Waals surface area contributed by atoms with Gasteiger partial charge in [0.25, 0.3) is 0 Å². The van der Waals surface area contributed by atoms with E-state index >= 15 is 0 Å². The number of hydrogen-bond donors (Lipinski definition) is 1. The molecular formula is C27H28Cl2N2O2S. The molecule has 0 saturated heterocycles. The summed E-state index contributed by atoms with van der Waals surface area (Å²) in [5.74, 6) is 0.554. The summed E-state index contributed by atoms with van der Waals surface area (Å²) in [6.07, 6.45) is 1.49. The van der Waals surface area contributed by atoms with Gasteiger partial charge in [-0.3, -0.25) is 9.59 Å². The summed E-state index contributed by atoms with van der Waals surface area (Å²) in [5, 5.41) is 4.04. The van der Waals surface area contributed by atoms with Crippen molar-refractivity contribution >= 4 is 46.8 Å². The lowest BCUT2D eigenvalue weighted by Crippen LogP contribution is -2.49. The fourth-order valence-corrected chi connectivity index (χ4v) is 4.83. The lowest BCUT2D eigenvalue weighted by Gasteiger charge is -2.31. The van der Waals surface area contributed by atoms with Crippen molar-refractivity contribution in [3.8, 4) is 0 Å². The number of carbonyl (C=O) groups excluding carboxylic acids is 2. The molecule has 0 radical (unpaired) electrons. The van der Waals surface area contributed by atoms with Crippen molar-refractivity contribution in [2.75, 3.05) is 12.8 Å². The second kappa shape index (κ2) is 13.4. The summed E-state index contributed by atoms with van der Waals surface area (Å²) in [4.78, 5) is 29.1. The van der Waals surface area contributed by atoms with Crippen LogP contribution in [0.1, 0.15) is 24.0 Å². The van der Waals surface area contributed by atoms with Crippen LogP contribution in [-0.4, -0.2) is 35.6 Å². The van der Waals surface area contributed by atoms with Gasteiger partial charge in [0.15, 0.2) is 0 Å². The SMILES string of the molecule is CNC(=O)[C@H](Cc1ccccc1)N(Cc1cccc(Cl)c1)C(=O)CCCSc1ccc(Cl)cc1. The number of carbonyl (C=O) groups is 2. The molecule has 3 aromatic carbocycles. The first-order chi connectivity index (χ1) is 16.5. The van der Waals surface area contributed by atoms with E-state index in [9.17, 15) is 9.59 Å². The Hall–Kier alpha value is -2.47. The van der Waals surface area contributed by atoms with Crippen molar-refractivity contribution < 1.29 is 9.59 Å². The molecule has 0 unspecified atom stereocenters. The molecule has 7 heteroatoms. The molecular weight excluding hydrogens is 487 g/mol. The van der Waals surface area contributed by atoms with Gasteiger partial charge in [0.2, 0.25) is 11.8 Å². The molecule has 0 bridgehead atoms. The molecule has 0 aliphatic carbocycles. The third-order valence-corrected chi connectivity index (χ3v) is 6.96. The lowest BCUT2D eigenvalue weighted by atomic mass is 10.0. The zero-order chi connectivity index (χ0) is 24.3. The molecule has 0 saturated carbocycles. The Labute approximate surface area is 215 Å². The molecule has 34 heavy (non-hydrogen) atoms. The van der Waals surface area contributed by atoms with Crippen molar-refractivity contribution in [3.05, 3.63) is 100 Å². The van der Waals surface area contributed by atoms with Gasteiger partial charge in [-0.1, -0.05) is 65.7 Å². The zero-order valence-electron chi connectivity index (χ0n) is 19.0. The maximum Gasteiger partial charge on any atom is 0.242 e. The van der Waals surface area contributed by atoms with Gasteiger partial charge in [-0.2, -0.15) is 0 Å². The highest BCUT2D eigenvalue weighted by Crippen LogP contribution is 2.23. The quantitative estimate of drug-likeness (QED) is 0.243. The summed E-state index contributed by atoms with van der Waals surface area (Å²) in [5.41, 5.74) is 1.89. The van der Waals surface area contributed by atoms with E-state index in [4.69, 9.17) is 23.2 Å². The highest BCUT2D eigenvalue weighted by atomic mass is 35.5. The Morgan fingerprint density at radius 3 is 2.29 bits per heavy atom. The number of benzene rings is 3. The van der Waals surface area contributed by atoms with Crippen LogP contribution in [0.4, 0.5) is 0 Å². The predicted octanol–water partition coefficient (Wildman–Crippen LogP) is 6.25. The van der Waals surface area contributed by atoms with E-state index in [2.05, 4.69) is 5.32 Å². The minimum atomic E-state index is -0.622. The molecule has 0 spiro atoms. The third-order valence-electron chi connectivity index (χ3n) is 5.38. The molecule has 3 rings (SSSR count). The van der Waals surface area contributed by atoms with Crippen molar-refractivity contribution in [2.24, 2.45) is 0 Å². The molecule has 0 aromatic heterocycles. The maximum atomic E-state index is 13.4. The molecule has 1 atom stereocenters. The van der Waals surface area contributed by atoms with Crippen LogP contribution in [0, 0.1) is 0 Å². The van der Waals surface area contributed by atoms with E-state index in [0.29, 0.717) is 35.9 Å². The average Bonchev–Trinajstić information content (AvgIpc) is 2.85. The Kier molecular flexibility index (Phi) is 10.3. The molecule has 0 aliphatic rings. The van der Waals surface area contributed by atoms with E-state index < -0.39 is 6.04 Å². The van der Waals surface area contributed by atoms with Crippen LogP contribution in [-0.2, 0) is 22.6 Å². The molecule has 0 heterocycles. The van der Waals surface area contributed by atoms with Gasteiger partial charge < -0.3 is 10.2 Å². The van der Waals surface area contributed by atoms with Crippen molar-refractivity contribution in [1.82, 2.24) is 10.2 Å². The summed E-state index contributed by atoms with van der Waals surface area (Å²) >= 11 is 13.8. The zero-order valence-corrected chi connectivity index (χ0v) is 21.4. The van der Waals surface area contributed by atoms with Gasteiger partial charge in [-0.05, 0) is 59.7 Å². The van der Waals surface area contributed by atoms with Crippen LogP contribution in [0.15, 0.2) is 83.8 Å². The minimum Gasteiger partial charge on any atom is -0.357 e. The van der Waals surface area contributed by atoms with Crippen LogP contribution in [0.2, 0.25) is 10.0 Å². The van der Waals surface area contributed by atoms with Crippen molar-refractivity contribution in [1.29, 1.82) is 0 Å². The first kappa shape index (κ1) is 26.1. The molecule has 3 aromatic rings. The fraction of sp³-hybridized carbons (Fsp3) is 0.259. The second-order valence-electron chi connectivity index (χ2n) is 7.88. The normalized spacial score (nSPS) is 11.6. The van der Waals surface area contributed by atoms with E-state index in [0.717, 1.165) is 21.8 Å². The maximum absolute atomic E-state index is 13.4. The smallest absolute Gasteiger partial charge is 0.242 e. The van der Waals surface area contributed by atoms with E-state index in [1.54, 1.807) is 29.8 Å². The topological polar surface area (TPSA) is 49.4 Å². The standard InChI is InChI=1S/C27H28Cl2N2O2S/c1-30-27(33)25(18-20-7-3-2-4-8-20)31(19-21-9-5-10-23(29)17-21)26(32)11-6-16-34-24-14-12-22(28)13-15-24/h2-5,7-10,12-15,17,25H,6,11,16,18-19H2,1H3,(H,30,33)/t25-/m0/s1. The van der Waals surface area contributed by atoms with E-state index in [1.807, 2.05) is 72.8 Å². The summed E-state index contributed by atoms with van der Waals surface area (Å²) in [7, 11) is 1.60. The Bertz CT molecular complexity index is 1080. The molecule has 0 aliphatic heterocycles. The Morgan fingerprint density at radius 1 is 0.912 bits per heavy atom. The first-order valence-corrected chi connectivity index (χ1v) is 12.9. The third kappa shape index (κ3) is 8.08. The largest absolute Gasteiger partial charge is 0.357 e. The van der Waals surface area contributed by atoms with Gasteiger partial charge >= 0.3 is 0 Å². The summed E-state index contributed by atoms with van der Waals surface area (Å²) < 4.78 is 0. The average molecular weight is 516 g/mol. The van der Waals surface area contributed by atoms with Crippen molar-refractivity contribution in [3.63, 3.8) is 0 Å². The van der Waals surface area contributed by atoms with Gasteiger partial charge in [-0.15, -0.1) is 11.8 Å². The van der Waals surface area contributed by atoms with Gasteiger partial charge in [0.05, 0.1) is 0 Å². The van der Waals surface area contributed by atoms with Crippen LogP contribution in [0.25, 0.3) is 0 Å². The van der Waals surface area contributed by atoms with Crippen molar-refractivity contribution in [2.45, 2.75) is 36.7 Å². The number of amides is 2. The van der Waals surface area contributed by atoms with Gasteiger partial charge in [0.1, 0.15) is 6.04 Å².